The van der Waals surface area contributed by atoms with Gasteiger partial charge in [-0.15, -0.1) is 0 Å². The molecule has 4 nitrogen and oxygen atoms in total. The number of nitrogens with zero attached hydrogens (tertiary/aromatic N) is 1. The lowest BCUT2D eigenvalue weighted by molar-refractivity contribution is 0.0945. The largest absolute Gasteiger partial charge is 0.387 e. The first-order valence-corrected chi connectivity index (χ1v) is 6.77. The molecule has 0 saturated heterocycles. The third-order valence-corrected chi connectivity index (χ3v) is 3.76. The third-order valence-electron chi connectivity index (χ3n) is 3.76. The van der Waals surface area contributed by atoms with Crippen LogP contribution in [0.3, 0.4) is 0 Å². The third kappa shape index (κ3) is 2.37. The molecule has 1 aliphatic rings. The van der Waals surface area contributed by atoms with E-state index < -0.39 is 0 Å². The van der Waals surface area contributed by atoms with Crippen molar-refractivity contribution in [2.75, 3.05) is 18.9 Å². The van der Waals surface area contributed by atoms with E-state index in [0.29, 0.717) is 18.2 Å². The van der Waals surface area contributed by atoms with Gasteiger partial charge in [0.1, 0.15) is 5.69 Å². The van der Waals surface area contributed by atoms with Gasteiger partial charge < -0.3 is 10.6 Å². The number of amides is 1. The summed E-state index contributed by atoms with van der Waals surface area (Å²) in [6.07, 6.45) is 2.70. The summed E-state index contributed by atoms with van der Waals surface area (Å²) in [5.74, 6) is 0.323. The summed E-state index contributed by atoms with van der Waals surface area (Å²) in [4.78, 5) is 16.1. The number of hydrogen-bond donors (Lipinski definition) is 2. The summed E-state index contributed by atoms with van der Waals surface area (Å²) in [5.41, 5.74) is 4.10. The molecular formula is C16H17N3O. The highest BCUT2D eigenvalue weighted by Crippen LogP contribution is 2.33. The number of pyridine rings is 1. The highest BCUT2D eigenvalue weighted by Gasteiger charge is 2.25. The molecule has 1 aromatic carbocycles. The Kier molecular flexibility index (Phi) is 3.37. The van der Waals surface area contributed by atoms with Crippen molar-refractivity contribution in [2.45, 2.75) is 12.3 Å². The topological polar surface area (TPSA) is 54.0 Å². The number of fused-ring (bicyclic) bond motifs is 1. The lowest BCUT2D eigenvalue weighted by atomic mass is 9.77. The van der Waals surface area contributed by atoms with Crippen LogP contribution in [0.2, 0.25) is 0 Å². The van der Waals surface area contributed by atoms with Gasteiger partial charge in [0.05, 0.1) is 11.9 Å². The number of carbonyl (C=O) groups excluding carboxylic acids is 1. The van der Waals surface area contributed by atoms with Crippen LogP contribution in [0.25, 0.3) is 0 Å². The van der Waals surface area contributed by atoms with Crippen LogP contribution in [0.5, 0.6) is 0 Å². The Morgan fingerprint density at radius 3 is 2.85 bits per heavy atom. The highest BCUT2D eigenvalue weighted by molar-refractivity contribution is 5.92. The lowest BCUT2D eigenvalue weighted by Crippen LogP contribution is -2.33. The van der Waals surface area contributed by atoms with Crippen LogP contribution in [-0.2, 0) is 6.42 Å². The average molecular weight is 267 g/mol. The van der Waals surface area contributed by atoms with Gasteiger partial charge in [-0.2, -0.15) is 0 Å². The van der Waals surface area contributed by atoms with Crippen LogP contribution < -0.4 is 10.6 Å². The van der Waals surface area contributed by atoms with Crippen molar-refractivity contribution >= 4 is 11.6 Å². The van der Waals surface area contributed by atoms with Crippen LogP contribution in [0.4, 0.5) is 5.69 Å². The predicted molar refractivity (Wildman–Crippen MR) is 79.0 cm³/mol. The van der Waals surface area contributed by atoms with E-state index in [9.17, 15) is 4.79 Å². The Morgan fingerprint density at radius 1 is 1.30 bits per heavy atom. The van der Waals surface area contributed by atoms with E-state index in [2.05, 4.69) is 33.8 Å². The maximum absolute atomic E-state index is 12.0. The van der Waals surface area contributed by atoms with Crippen molar-refractivity contribution in [3.8, 4) is 0 Å². The van der Waals surface area contributed by atoms with E-state index in [0.717, 1.165) is 12.1 Å². The maximum Gasteiger partial charge on any atom is 0.269 e. The quantitative estimate of drug-likeness (QED) is 0.893. The van der Waals surface area contributed by atoms with Gasteiger partial charge in [0.25, 0.3) is 5.91 Å². The number of aromatic nitrogens is 1. The molecule has 0 fully saturated rings. The van der Waals surface area contributed by atoms with Gasteiger partial charge in [-0.05, 0) is 29.7 Å². The van der Waals surface area contributed by atoms with Gasteiger partial charge in [-0.1, -0.05) is 24.3 Å². The molecule has 0 aliphatic heterocycles. The molecule has 0 radical (unpaired) electrons. The molecule has 102 valence electrons. The predicted octanol–water partition coefficient (Wildman–Crippen LogP) is 2.19. The van der Waals surface area contributed by atoms with Gasteiger partial charge in [-0.25, -0.2) is 4.98 Å². The van der Waals surface area contributed by atoms with E-state index >= 15 is 0 Å². The Bertz CT molecular complexity index is 622. The Balaban J connectivity index is 1.58. The van der Waals surface area contributed by atoms with E-state index in [1.54, 1.807) is 12.3 Å². The highest BCUT2D eigenvalue weighted by atomic mass is 16.1. The molecule has 1 unspecified atom stereocenters. The Morgan fingerprint density at radius 2 is 2.15 bits per heavy atom. The molecule has 20 heavy (non-hydrogen) atoms. The monoisotopic (exact) mass is 267 g/mol. The normalized spacial score (nSPS) is 15.9. The second kappa shape index (κ2) is 5.33. The molecule has 4 heteroatoms. The Hall–Kier alpha value is -2.36. The fourth-order valence-electron chi connectivity index (χ4n) is 2.53. The minimum absolute atomic E-state index is 0.114. The molecular weight excluding hydrogens is 250 g/mol. The van der Waals surface area contributed by atoms with Crippen LogP contribution in [0, 0.1) is 0 Å². The number of benzene rings is 1. The van der Waals surface area contributed by atoms with Crippen LogP contribution in [0.15, 0.2) is 42.6 Å². The molecule has 2 aromatic rings. The van der Waals surface area contributed by atoms with E-state index in [4.69, 9.17) is 0 Å². The number of rotatable bonds is 4. The van der Waals surface area contributed by atoms with Gasteiger partial charge in [0.2, 0.25) is 0 Å². The first-order valence-electron chi connectivity index (χ1n) is 6.77. The SMILES string of the molecule is CNc1ccc(C(=O)NCC2Cc3ccccc32)nc1. The summed E-state index contributed by atoms with van der Waals surface area (Å²) in [6, 6.07) is 12.0. The molecule has 1 atom stereocenters. The van der Waals surface area contributed by atoms with Crippen LogP contribution in [-0.4, -0.2) is 24.5 Å². The number of nitrogens with one attached hydrogen (secondary N) is 2. The zero-order valence-corrected chi connectivity index (χ0v) is 11.4. The zero-order chi connectivity index (χ0) is 13.9. The standard InChI is InChI=1S/C16H17N3O/c1-17-13-6-7-15(18-10-13)16(20)19-9-12-8-11-4-2-3-5-14(11)12/h2-7,10,12,17H,8-9H2,1H3,(H,19,20). The van der Waals surface area contributed by atoms with Crippen molar-refractivity contribution < 1.29 is 4.79 Å². The molecule has 0 saturated carbocycles. The van der Waals surface area contributed by atoms with E-state index in [-0.39, 0.29) is 5.91 Å². The first kappa shape index (κ1) is 12.7. The minimum atomic E-state index is -0.114. The van der Waals surface area contributed by atoms with E-state index in [1.807, 2.05) is 19.2 Å². The zero-order valence-electron chi connectivity index (χ0n) is 11.4. The molecule has 1 aromatic heterocycles. The van der Waals surface area contributed by atoms with Crippen molar-refractivity contribution in [1.29, 1.82) is 0 Å². The van der Waals surface area contributed by atoms with Crippen molar-refractivity contribution in [2.24, 2.45) is 0 Å². The first-order chi connectivity index (χ1) is 9.78. The summed E-state index contributed by atoms with van der Waals surface area (Å²) in [6.45, 7) is 0.672. The van der Waals surface area contributed by atoms with Crippen LogP contribution >= 0.6 is 0 Å². The molecule has 1 amide bonds. The molecule has 0 spiro atoms. The maximum atomic E-state index is 12.0. The minimum Gasteiger partial charge on any atom is -0.387 e. The molecule has 1 aliphatic carbocycles. The van der Waals surface area contributed by atoms with Gasteiger partial charge in [0.15, 0.2) is 0 Å². The number of anilines is 1. The van der Waals surface area contributed by atoms with Crippen LogP contribution in [0.1, 0.15) is 27.5 Å². The number of carbonyl (C=O) groups is 1. The summed E-state index contributed by atoms with van der Waals surface area (Å²) in [7, 11) is 1.82. The fourth-order valence-corrected chi connectivity index (χ4v) is 2.53. The molecule has 3 rings (SSSR count). The molecule has 1 heterocycles. The van der Waals surface area contributed by atoms with Crippen molar-refractivity contribution in [3.05, 3.63) is 59.4 Å². The Labute approximate surface area is 118 Å². The summed E-state index contributed by atoms with van der Waals surface area (Å²) < 4.78 is 0. The second-order valence-electron chi connectivity index (χ2n) is 4.99. The molecule has 0 bridgehead atoms. The fraction of sp³-hybridized carbons (Fsp3) is 0.250. The summed E-state index contributed by atoms with van der Waals surface area (Å²) >= 11 is 0. The molecule has 2 N–H and O–H groups in total. The van der Waals surface area contributed by atoms with Crippen molar-refractivity contribution in [3.63, 3.8) is 0 Å². The van der Waals surface area contributed by atoms with Gasteiger partial charge in [0, 0.05) is 19.5 Å². The van der Waals surface area contributed by atoms with E-state index in [1.165, 1.54) is 11.1 Å². The lowest BCUT2D eigenvalue weighted by Gasteiger charge is -2.30. The summed E-state index contributed by atoms with van der Waals surface area (Å²) in [5, 5.41) is 5.94. The smallest absolute Gasteiger partial charge is 0.269 e. The van der Waals surface area contributed by atoms with Gasteiger partial charge in [-0.3, -0.25) is 4.79 Å². The van der Waals surface area contributed by atoms with Crippen molar-refractivity contribution in [1.82, 2.24) is 10.3 Å². The number of hydrogen-bond acceptors (Lipinski definition) is 3. The van der Waals surface area contributed by atoms with Gasteiger partial charge >= 0.3 is 0 Å². The second-order valence-corrected chi connectivity index (χ2v) is 4.99. The average Bonchev–Trinajstić information content (AvgIpc) is 2.48.